The molecule has 2 N–H and O–H groups in total. The summed E-state index contributed by atoms with van der Waals surface area (Å²) in [5.74, 6) is -1.67. The summed E-state index contributed by atoms with van der Waals surface area (Å²) < 4.78 is 53.3. The van der Waals surface area contributed by atoms with Crippen molar-refractivity contribution in [2.75, 3.05) is 4.72 Å². The summed E-state index contributed by atoms with van der Waals surface area (Å²) in [6.07, 6.45) is 0. The third-order valence-electron chi connectivity index (χ3n) is 2.69. The van der Waals surface area contributed by atoms with E-state index in [9.17, 15) is 17.2 Å². The Balaban J connectivity index is 2.51. The summed E-state index contributed by atoms with van der Waals surface area (Å²) in [6.45, 7) is -0.610. The van der Waals surface area contributed by atoms with Crippen LogP contribution in [0.25, 0.3) is 0 Å². The van der Waals surface area contributed by atoms with Gasteiger partial charge in [0.2, 0.25) is 0 Å². The molecule has 21 heavy (non-hydrogen) atoms. The lowest BCUT2D eigenvalue weighted by molar-refractivity contribution is 0.278. The zero-order valence-electron chi connectivity index (χ0n) is 10.5. The van der Waals surface area contributed by atoms with E-state index >= 15 is 0 Å². The Hall–Kier alpha value is -1.70. The molecule has 0 aliphatic heterocycles. The Morgan fingerprint density at radius 3 is 2.52 bits per heavy atom. The van der Waals surface area contributed by atoms with Gasteiger partial charge < -0.3 is 5.11 Å². The van der Waals surface area contributed by atoms with Crippen LogP contribution in [0.1, 0.15) is 5.56 Å². The van der Waals surface area contributed by atoms with E-state index in [1.54, 1.807) is 0 Å². The highest BCUT2D eigenvalue weighted by molar-refractivity contribution is 7.92. The number of sulfonamides is 1. The van der Waals surface area contributed by atoms with Crippen molar-refractivity contribution in [3.63, 3.8) is 0 Å². The topological polar surface area (TPSA) is 66.4 Å². The highest BCUT2D eigenvalue weighted by atomic mass is 35.5. The third kappa shape index (κ3) is 3.31. The fraction of sp³-hybridized carbons (Fsp3) is 0.0769. The van der Waals surface area contributed by atoms with E-state index in [-0.39, 0.29) is 10.6 Å². The molecule has 0 saturated carbocycles. The number of benzene rings is 2. The zero-order chi connectivity index (χ0) is 15.6. The lowest BCUT2D eigenvalue weighted by atomic mass is 10.2. The number of para-hydroxylation sites is 1. The van der Waals surface area contributed by atoms with Crippen LogP contribution in [-0.4, -0.2) is 13.5 Å². The van der Waals surface area contributed by atoms with Crippen molar-refractivity contribution in [1.82, 2.24) is 0 Å². The van der Waals surface area contributed by atoms with E-state index in [1.807, 2.05) is 4.72 Å². The van der Waals surface area contributed by atoms with Crippen molar-refractivity contribution in [2.45, 2.75) is 11.5 Å². The Morgan fingerprint density at radius 2 is 1.90 bits per heavy atom. The fourth-order valence-electron chi connectivity index (χ4n) is 1.69. The molecule has 8 heteroatoms. The molecule has 2 aromatic carbocycles. The molecule has 112 valence electrons. The van der Waals surface area contributed by atoms with Crippen LogP contribution in [-0.2, 0) is 16.6 Å². The third-order valence-corrected chi connectivity index (χ3v) is 4.44. The molecule has 4 nitrogen and oxygen atoms in total. The molecule has 0 aromatic heterocycles. The second-order valence-electron chi connectivity index (χ2n) is 4.11. The highest BCUT2D eigenvalue weighted by Crippen LogP contribution is 2.28. The standard InChI is InChI=1S/C13H10ClF2NO3S/c14-10-2-1-3-11(16)13(10)17-21(19,20)12-6-9(15)5-4-8(12)7-18/h1-6,17-18H,7H2. The number of hydrogen-bond acceptors (Lipinski definition) is 3. The van der Waals surface area contributed by atoms with Crippen LogP contribution < -0.4 is 4.72 Å². The van der Waals surface area contributed by atoms with Crippen molar-refractivity contribution in [2.24, 2.45) is 0 Å². The zero-order valence-corrected chi connectivity index (χ0v) is 12.0. The Bertz CT molecular complexity index is 761. The van der Waals surface area contributed by atoms with E-state index in [4.69, 9.17) is 16.7 Å². The molecular weight excluding hydrogens is 324 g/mol. The molecular formula is C13H10ClF2NO3S. The van der Waals surface area contributed by atoms with Crippen LogP contribution in [0.3, 0.4) is 0 Å². The lowest BCUT2D eigenvalue weighted by Crippen LogP contribution is -2.16. The summed E-state index contributed by atoms with van der Waals surface area (Å²) in [5.41, 5.74) is -0.455. The number of rotatable bonds is 4. The fourth-order valence-corrected chi connectivity index (χ4v) is 3.29. The quantitative estimate of drug-likeness (QED) is 0.904. The lowest BCUT2D eigenvalue weighted by Gasteiger charge is -2.13. The number of aliphatic hydroxyl groups excluding tert-OH is 1. The van der Waals surface area contributed by atoms with E-state index in [2.05, 4.69) is 0 Å². The Labute approximate surface area is 125 Å². The van der Waals surface area contributed by atoms with Crippen LogP contribution in [0.4, 0.5) is 14.5 Å². The first kappa shape index (κ1) is 15.7. The van der Waals surface area contributed by atoms with Gasteiger partial charge in [0.05, 0.1) is 16.5 Å². The maximum absolute atomic E-state index is 13.6. The SMILES string of the molecule is O=S(=O)(Nc1c(F)cccc1Cl)c1cc(F)ccc1CO. The minimum atomic E-state index is -4.30. The second-order valence-corrected chi connectivity index (χ2v) is 6.17. The van der Waals surface area contributed by atoms with Gasteiger partial charge in [-0.3, -0.25) is 4.72 Å². The van der Waals surface area contributed by atoms with Crippen LogP contribution in [0, 0.1) is 11.6 Å². The van der Waals surface area contributed by atoms with Crippen LogP contribution >= 0.6 is 11.6 Å². The Morgan fingerprint density at radius 1 is 1.19 bits per heavy atom. The molecule has 0 spiro atoms. The predicted octanol–water partition coefficient (Wildman–Crippen LogP) is 2.91. The summed E-state index contributed by atoms with van der Waals surface area (Å²) in [7, 11) is -4.30. The van der Waals surface area contributed by atoms with Crippen LogP contribution in [0.2, 0.25) is 5.02 Å². The molecule has 0 bridgehead atoms. The Kier molecular flexibility index (Phi) is 4.46. The summed E-state index contributed by atoms with van der Waals surface area (Å²) in [5, 5.41) is 8.99. The second kappa shape index (κ2) is 5.97. The van der Waals surface area contributed by atoms with E-state index in [0.717, 1.165) is 24.3 Å². The van der Waals surface area contributed by atoms with Crippen LogP contribution in [0.5, 0.6) is 0 Å². The average Bonchev–Trinajstić information content (AvgIpc) is 2.43. The van der Waals surface area contributed by atoms with E-state index in [0.29, 0.717) is 0 Å². The van der Waals surface area contributed by atoms with Gasteiger partial charge in [0, 0.05) is 0 Å². The monoisotopic (exact) mass is 333 g/mol. The molecule has 0 radical (unpaired) electrons. The molecule has 2 rings (SSSR count). The van der Waals surface area contributed by atoms with E-state index in [1.165, 1.54) is 12.1 Å². The smallest absolute Gasteiger partial charge is 0.262 e. The molecule has 0 saturated heterocycles. The first-order valence-corrected chi connectivity index (χ1v) is 7.57. The van der Waals surface area contributed by atoms with E-state index < -0.39 is 38.8 Å². The predicted molar refractivity (Wildman–Crippen MR) is 74.5 cm³/mol. The van der Waals surface area contributed by atoms with Gasteiger partial charge in [0.1, 0.15) is 17.3 Å². The summed E-state index contributed by atoms with van der Waals surface area (Å²) in [6, 6.07) is 6.54. The minimum absolute atomic E-state index is 0.0173. The molecule has 0 aliphatic carbocycles. The normalized spacial score (nSPS) is 11.4. The van der Waals surface area contributed by atoms with Gasteiger partial charge in [-0.2, -0.15) is 0 Å². The number of anilines is 1. The number of aliphatic hydroxyl groups is 1. The molecule has 2 aromatic rings. The van der Waals surface area contributed by atoms with Gasteiger partial charge in [-0.15, -0.1) is 0 Å². The van der Waals surface area contributed by atoms with Gasteiger partial charge >= 0.3 is 0 Å². The minimum Gasteiger partial charge on any atom is -0.392 e. The van der Waals surface area contributed by atoms with Gasteiger partial charge in [-0.25, -0.2) is 17.2 Å². The van der Waals surface area contributed by atoms with Gasteiger partial charge in [0.15, 0.2) is 0 Å². The van der Waals surface area contributed by atoms with Crippen LogP contribution in [0.15, 0.2) is 41.3 Å². The molecule has 0 heterocycles. The molecule has 0 unspecified atom stereocenters. The highest BCUT2D eigenvalue weighted by Gasteiger charge is 2.22. The first-order chi connectivity index (χ1) is 9.85. The number of hydrogen-bond donors (Lipinski definition) is 2. The number of halogens is 3. The molecule has 0 amide bonds. The summed E-state index contributed by atoms with van der Waals surface area (Å²) >= 11 is 5.74. The van der Waals surface area contributed by atoms with Crippen molar-refractivity contribution >= 4 is 27.3 Å². The van der Waals surface area contributed by atoms with Crippen molar-refractivity contribution in [1.29, 1.82) is 0 Å². The average molecular weight is 334 g/mol. The summed E-state index contributed by atoms with van der Waals surface area (Å²) in [4.78, 5) is -0.482. The maximum atomic E-state index is 13.6. The maximum Gasteiger partial charge on any atom is 0.262 e. The van der Waals surface area contributed by atoms with Crippen molar-refractivity contribution in [3.05, 3.63) is 58.6 Å². The van der Waals surface area contributed by atoms with Crippen molar-refractivity contribution in [3.8, 4) is 0 Å². The largest absolute Gasteiger partial charge is 0.392 e. The molecule has 0 aliphatic rings. The van der Waals surface area contributed by atoms with Gasteiger partial charge in [-0.1, -0.05) is 23.7 Å². The van der Waals surface area contributed by atoms with Crippen molar-refractivity contribution < 1.29 is 22.3 Å². The first-order valence-electron chi connectivity index (χ1n) is 5.71. The molecule has 0 atom stereocenters. The molecule has 0 fully saturated rings. The van der Waals surface area contributed by atoms with Gasteiger partial charge in [-0.05, 0) is 29.8 Å². The number of nitrogens with one attached hydrogen (secondary N) is 1. The van der Waals surface area contributed by atoms with Gasteiger partial charge in [0.25, 0.3) is 10.0 Å².